The molecule has 0 saturated heterocycles. The predicted octanol–water partition coefficient (Wildman–Crippen LogP) is -0.481. The third-order valence-corrected chi connectivity index (χ3v) is 2.56. The summed E-state index contributed by atoms with van der Waals surface area (Å²) in [5, 5.41) is 2.86. The second kappa shape index (κ2) is 5.77. The number of hydrogen-bond acceptors (Lipinski definition) is 3. The van der Waals surface area contributed by atoms with E-state index in [1.807, 2.05) is 0 Å². The fraction of sp³-hybridized carbons (Fsp3) is 1.00. The predicted molar refractivity (Wildman–Crippen MR) is 48.6 cm³/mol. The maximum Gasteiger partial charge on any atom is 0.210 e. The van der Waals surface area contributed by atoms with E-state index in [1.165, 1.54) is 10.6 Å². The molecule has 0 rings (SSSR count). The van der Waals surface area contributed by atoms with Gasteiger partial charge in [-0.15, -0.1) is 12.4 Å². The molecular weight excluding hydrogens is 188 g/mol. The van der Waals surface area contributed by atoms with E-state index in [-0.39, 0.29) is 12.4 Å². The Morgan fingerprint density at radius 2 is 1.91 bits per heavy atom. The minimum atomic E-state index is -2.98. The van der Waals surface area contributed by atoms with Crippen LogP contribution in [0.2, 0.25) is 0 Å². The second-order valence-electron chi connectivity index (χ2n) is 2.19. The van der Waals surface area contributed by atoms with Crippen LogP contribution in [0, 0.1) is 0 Å². The van der Waals surface area contributed by atoms with E-state index >= 15 is 0 Å². The van der Waals surface area contributed by atoms with Gasteiger partial charge in [0.05, 0.1) is 6.26 Å². The van der Waals surface area contributed by atoms with E-state index < -0.39 is 10.0 Å². The van der Waals surface area contributed by atoms with Crippen LogP contribution >= 0.6 is 12.4 Å². The standard InChI is InChI=1S/C5H14N2O2S.ClH/c1-6-4-5-7(2)10(3,8)9;/h6H,4-5H2,1-3H3;1H. The molecule has 0 aromatic rings. The van der Waals surface area contributed by atoms with Gasteiger partial charge >= 0.3 is 0 Å². The van der Waals surface area contributed by atoms with Gasteiger partial charge in [-0.05, 0) is 7.05 Å². The highest BCUT2D eigenvalue weighted by molar-refractivity contribution is 7.88. The lowest BCUT2D eigenvalue weighted by Crippen LogP contribution is -2.31. The first-order valence-corrected chi connectivity index (χ1v) is 4.89. The van der Waals surface area contributed by atoms with Crippen LogP contribution in [0.5, 0.6) is 0 Å². The zero-order valence-corrected chi connectivity index (χ0v) is 8.63. The van der Waals surface area contributed by atoms with Crippen molar-refractivity contribution in [2.24, 2.45) is 0 Å². The first-order chi connectivity index (χ1) is 4.48. The van der Waals surface area contributed by atoms with E-state index in [2.05, 4.69) is 5.32 Å². The largest absolute Gasteiger partial charge is 0.318 e. The lowest BCUT2D eigenvalue weighted by atomic mass is 10.6. The Kier molecular flexibility index (Phi) is 7.20. The highest BCUT2D eigenvalue weighted by Gasteiger charge is 2.08. The number of nitrogens with zero attached hydrogens (tertiary/aromatic N) is 1. The van der Waals surface area contributed by atoms with Crippen molar-refractivity contribution in [3.05, 3.63) is 0 Å². The van der Waals surface area contributed by atoms with Crippen LogP contribution in [0.4, 0.5) is 0 Å². The Labute approximate surface area is 74.4 Å². The van der Waals surface area contributed by atoms with Crippen molar-refractivity contribution in [1.82, 2.24) is 9.62 Å². The summed E-state index contributed by atoms with van der Waals surface area (Å²) < 4.78 is 22.8. The van der Waals surface area contributed by atoms with Crippen LogP contribution in [0.3, 0.4) is 0 Å². The molecule has 70 valence electrons. The monoisotopic (exact) mass is 202 g/mol. The summed E-state index contributed by atoms with van der Waals surface area (Å²) in [6, 6.07) is 0. The van der Waals surface area contributed by atoms with Crippen molar-refractivity contribution >= 4 is 22.4 Å². The molecule has 11 heavy (non-hydrogen) atoms. The van der Waals surface area contributed by atoms with E-state index in [1.54, 1.807) is 14.1 Å². The molecule has 0 spiro atoms. The van der Waals surface area contributed by atoms with Gasteiger partial charge in [0, 0.05) is 20.1 Å². The van der Waals surface area contributed by atoms with E-state index in [0.717, 1.165) is 0 Å². The average Bonchev–Trinajstić information content (AvgIpc) is 1.80. The molecule has 1 N–H and O–H groups in total. The van der Waals surface area contributed by atoms with Gasteiger partial charge in [0.2, 0.25) is 10.0 Å². The Morgan fingerprint density at radius 1 is 1.45 bits per heavy atom. The lowest BCUT2D eigenvalue weighted by molar-refractivity contribution is 0.471. The summed E-state index contributed by atoms with van der Waals surface area (Å²) in [6.07, 6.45) is 1.20. The Balaban J connectivity index is 0. The molecule has 0 radical (unpaired) electrons. The molecule has 0 bridgehead atoms. The van der Waals surface area contributed by atoms with Crippen LogP contribution in [0.1, 0.15) is 0 Å². The topological polar surface area (TPSA) is 49.4 Å². The minimum Gasteiger partial charge on any atom is -0.318 e. The van der Waals surface area contributed by atoms with Crippen molar-refractivity contribution < 1.29 is 8.42 Å². The van der Waals surface area contributed by atoms with E-state index in [9.17, 15) is 8.42 Å². The van der Waals surface area contributed by atoms with Gasteiger partial charge in [-0.3, -0.25) is 0 Å². The quantitative estimate of drug-likeness (QED) is 0.670. The van der Waals surface area contributed by atoms with Crippen molar-refractivity contribution in [3.63, 3.8) is 0 Å². The number of likely N-dealkylation sites (N-methyl/N-ethyl adjacent to an activating group) is 2. The van der Waals surface area contributed by atoms with Crippen LogP contribution < -0.4 is 5.32 Å². The van der Waals surface area contributed by atoms with Gasteiger partial charge in [0.1, 0.15) is 0 Å². The van der Waals surface area contributed by atoms with Gasteiger partial charge in [0.15, 0.2) is 0 Å². The highest BCUT2D eigenvalue weighted by Crippen LogP contribution is 1.89. The fourth-order valence-electron chi connectivity index (χ4n) is 0.435. The molecule has 0 heterocycles. The minimum absolute atomic E-state index is 0. The van der Waals surface area contributed by atoms with Crippen molar-refractivity contribution in [2.75, 3.05) is 33.4 Å². The molecule has 0 aromatic carbocycles. The second-order valence-corrected chi connectivity index (χ2v) is 4.28. The number of halogens is 1. The third-order valence-electron chi connectivity index (χ3n) is 1.24. The number of rotatable bonds is 4. The van der Waals surface area contributed by atoms with E-state index in [4.69, 9.17) is 0 Å². The Hall–Kier alpha value is 0.160. The van der Waals surface area contributed by atoms with Gasteiger partial charge < -0.3 is 5.32 Å². The van der Waals surface area contributed by atoms with Crippen molar-refractivity contribution in [3.8, 4) is 0 Å². The van der Waals surface area contributed by atoms with Crippen LogP contribution in [-0.2, 0) is 10.0 Å². The average molecular weight is 203 g/mol. The molecule has 0 aliphatic heterocycles. The zero-order valence-electron chi connectivity index (χ0n) is 6.99. The molecule has 0 amide bonds. The smallest absolute Gasteiger partial charge is 0.210 e. The lowest BCUT2D eigenvalue weighted by Gasteiger charge is -2.12. The summed E-state index contributed by atoms with van der Waals surface area (Å²) in [4.78, 5) is 0. The molecular formula is C5H15ClN2O2S. The summed E-state index contributed by atoms with van der Waals surface area (Å²) in [7, 11) is 0.368. The molecule has 0 saturated carbocycles. The maximum absolute atomic E-state index is 10.7. The van der Waals surface area contributed by atoms with Gasteiger partial charge in [0.25, 0.3) is 0 Å². The Bertz CT molecular complexity index is 181. The van der Waals surface area contributed by atoms with E-state index in [0.29, 0.717) is 13.1 Å². The molecule has 0 unspecified atom stereocenters. The van der Waals surface area contributed by atoms with Crippen molar-refractivity contribution in [1.29, 1.82) is 0 Å². The zero-order chi connectivity index (χ0) is 8.20. The number of sulfonamides is 1. The molecule has 0 aliphatic carbocycles. The fourth-order valence-corrected chi connectivity index (χ4v) is 0.858. The molecule has 0 atom stereocenters. The van der Waals surface area contributed by atoms with Gasteiger partial charge in [-0.2, -0.15) is 0 Å². The summed E-state index contributed by atoms with van der Waals surface area (Å²) >= 11 is 0. The van der Waals surface area contributed by atoms with Gasteiger partial charge in [-0.1, -0.05) is 0 Å². The van der Waals surface area contributed by atoms with Crippen LogP contribution in [0.15, 0.2) is 0 Å². The highest BCUT2D eigenvalue weighted by atomic mass is 35.5. The summed E-state index contributed by atoms with van der Waals surface area (Å²) in [6.45, 7) is 1.21. The van der Waals surface area contributed by atoms with Crippen LogP contribution in [0.25, 0.3) is 0 Å². The molecule has 0 aromatic heterocycles. The van der Waals surface area contributed by atoms with Crippen LogP contribution in [-0.4, -0.2) is 46.2 Å². The van der Waals surface area contributed by atoms with Crippen molar-refractivity contribution in [2.45, 2.75) is 0 Å². The first kappa shape index (κ1) is 13.7. The number of hydrogen-bond donors (Lipinski definition) is 1. The maximum atomic E-state index is 10.7. The normalized spacial score (nSPS) is 11.3. The summed E-state index contributed by atoms with van der Waals surface area (Å²) in [5.41, 5.74) is 0. The molecule has 4 nitrogen and oxygen atoms in total. The third kappa shape index (κ3) is 6.55. The molecule has 6 heteroatoms. The first-order valence-electron chi connectivity index (χ1n) is 3.04. The van der Waals surface area contributed by atoms with Gasteiger partial charge in [-0.25, -0.2) is 12.7 Å². The molecule has 0 aliphatic rings. The SMILES string of the molecule is CNCCN(C)S(C)(=O)=O.Cl. The Morgan fingerprint density at radius 3 is 2.18 bits per heavy atom. The summed E-state index contributed by atoms with van der Waals surface area (Å²) in [5.74, 6) is 0. The molecule has 0 fully saturated rings. The number of nitrogens with one attached hydrogen (secondary N) is 1.